The average Bonchev–Trinajstić information content (AvgIpc) is 2.81. The van der Waals surface area contributed by atoms with Gasteiger partial charge in [-0.2, -0.15) is 0 Å². The largest absolute Gasteiger partial charge is 0.478 e. The van der Waals surface area contributed by atoms with Crippen LogP contribution in [-0.2, 0) is 6.42 Å². The molecule has 0 saturated heterocycles. The van der Waals surface area contributed by atoms with Crippen LogP contribution < -0.4 is 5.32 Å². The van der Waals surface area contributed by atoms with Gasteiger partial charge in [-0.05, 0) is 60.6 Å². The molecule has 3 rings (SSSR count). The molecule has 0 radical (unpaired) electrons. The first-order chi connectivity index (χ1) is 17.5. The lowest BCUT2D eigenvalue weighted by Crippen LogP contribution is -2.22. The van der Waals surface area contributed by atoms with E-state index in [1.165, 1.54) is 30.3 Å². The van der Waals surface area contributed by atoms with Crippen LogP contribution in [0.5, 0.6) is 0 Å². The Morgan fingerprint density at radius 1 is 1.21 bits per heavy atom. The summed E-state index contributed by atoms with van der Waals surface area (Å²) in [7, 11) is 0. The fourth-order valence-electron chi connectivity index (χ4n) is 2.69. The molecule has 0 unspecified atom stereocenters. The Hall–Kier alpha value is -2.95. The highest BCUT2D eigenvalue weighted by atomic mass is 16.4. The molecule has 3 N–H and O–H groups in total. The Morgan fingerprint density at radius 2 is 2.03 bits per heavy atom. The standard InChI is InChI=1S/C25H27NO3/c1-18-6-2-11-22(14-18)24(27)17-26-13-5-8-19-7-3-9-20(15-19)21-10-4-12-23(16-21)25(28)29/h2-4,6-7,9-12,14-16,24,26-27H,5,8,13,17H2,1H3,(H,28,29)/t24-/m0/s1/i4D,5D2,10D,12D,16D,17D2,24D. The molecule has 3 aromatic rings. The number of aryl methyl sites for hydroxylation is 2. The third-order valence-corrected chi connectivity index (χ3v) is 4.10. The van der Waals surface area contributed by atoms with Crippen LogP contribution in [0.2, 0.25) is 0 Å². The molecule has 0 amide bonds. The van der Waals surface area contributed by atoms with Crippen molar-refractivity contribution < 1.29 is 27.3 Å². The van der Waals surface area contributed by atoms with Gasteiger partial charge in [-0.1, -0.05) is 66.2 Å². The van der Waals surface area contributed by atoms with Gasteiger partial charge in [0.25, 0.3) is 0 Å². The minimum Gasteiger partial charge on any atom is -0.478 e. The lowest BCUT2D eigenvalue weighted by molar-refractivity contribution is 0.0697. The molecule has 0 aliphatic heterocycles. The van der Waals surface area contributed by atoms with Gasteiger partial charge in [0.15, 0.2) is 0 Å². The van der Waals surface area contributed by atoms with E-state index in [-0.39, 0.29) is 23.1 Å². The Morgan fingerprint density at radius 3 is 2.83 bits per heavy atom. The first-order valence-electron chi connectivity index (χ1n) is 13.5. The summed E-state index contributed by atoms with van der Waals surface area (Å²) >= 11 is 0. The maximum Gasteiger partial charge on any atom is 0.335 e. The Balaban J connectivity index is 1.86. The highest BCUT2D eigenvalue weighted by Gasteiger charge is 2.07. The molecule has 4 nitrogen and oxygen atoms in total. The summed E-state index contributed by atoms with van der Waals surface area (Å²) in [5, 5.41) is 22.4. The smallest absolute Gasteiger partial charge is 0.335 e. The molecule has 3 aromatic carbocycles. The summed E-state index contributed by atoms with van der Waals surface area (Å²) in [5.41, 5.74) is 0.437. The monoisotopic (exact) mass is 398 g/mol. The van der Waals surface area contributed by atoms with Crippen molar-refractivity contribution in [2.45, 2.75) is 25.8 Å². The fraction of sp³-hybridized carbons (Fsp3) is 0.240. The molecule has 0 heterocycles. The van der Waals surface area contributed by atoms with Crippen LogP contribution in [0.4, 0.5) is 0 Å². The van der Waals surface area contributed by atoms with E-state index in [0.717, 1.165) is 5.56 Å². The van der Waals surface area contributed by atoms with Crippen LogP contribution in [0.3, 0.4) is 0 Å². The van der Waals surface area contributed by atoms with Gasteiger partial charge in [0.2, 0.25) is 0 Å². The molecule has 0 bridgehead atoms. The van der Waals surface area contributed by atoms with Crippen LogP contribution in [0, 0.1) is 6.92 Å². The molecule has 0 aliphatic carbocycles. The highest BCUT2D eigenvalue weighted by molar-refractivity contribution is 5.89. The van der Waals surface area contributed by atoms with E-state index in [1.54, 1.807) is 25.1 Å². The average molecular weight is 399 g/mol. The molecular weight excluding hydrogens is 362 g/mol. The van der Waals surface area contributed by atoms with Gasteiger partial charge in [0.05, 0.1) is 18.5 Å². The molecular formula is C25H27NO3. The third-order valence-electron chi connectivity index (χ3n) is 4.10. The molecule has 0 fully saturated rings. The summed E-state index contributed by atoms with van der Waals surface area (Å²) < 4.78 is 73.6. The van der Waals surface area contributed by atoms with Crippen molar-refractivity contribution in [3.05, 3.63) is 95.0 Å². The summed E-state index contributed by atoms with van der Waals surface area (Å²) in [6.07, 6.45) is -5.04. The van der Waals surface area contributed by atoms with Crippen molar-refractivity contribution in [2.75, 3.05) is 13.0 Å². The molecule has 4 heteroatoms. The molecule has 0 aliphatic rings. The molecule has 29 heavy (non-hydrogen) atoms. The predicted octanol–water partition coefficient (Wildman–Crippen LogP) is 4.62. The van der Waals surface area contributed by atoms with E-state index in [1.807, 2.05) is 0 Å². The summed E-state index contributed by atoms with van der Waals surface area (Å²) in [4.78, 5) is 11.6. The van der Waals surface area contributed by atoms with Crippen molar-refractivity contribution in [1.29, 1.82) is 0 Å². The van der Waals surface area contributed by atoms with Gasteiger partial charge in [-0.3, -0.25) is 0 Å². The summed E-state index contributed by atoms with van der Waals surface area (Å²) in [6, 6.07) is 9.75. The highest BCUT2D eigenvalue weighted by Crippen LogP contribution is 2.22. The fourth-order valence-corrected chi connectivity index (χ4v) is 2.69. The number of rotatable bonds is 9. The van der Waals surface area contributed by atoms with Gasteiger partial charge in [-0.25, -0.2) is 4.79 Å². The third kappa shape index (κ3) is 6.01. The van der Waals surface area contributed by atoms with Gasteiger partial charge in [-0.15, -0.1) is 0 Å². The number of carboxylic acid groups (broad SMARTS) is 1. The van der Waals surface area contributed by atoms with Crippen molar-refractivity contribution in [1.82, 2.24) is 5.32 Å². The lowest BCUT2D eigenvalue weighted by atomic mass is 9.99. The van der Waals surface area contributed by atoms with Gasteiger partial charge in [0, 0.05) is 12.0 Å². The first kappa shape index (κ1) is 11.9. The number of hydrogen-bond acceptors (Lipinski definition) is 3. The zero-order valence-corrected chi connectivity index (χ0v) is 15.8. The lowest BCUT2D eigenvalue weighted by Gasteiger charge is -2.13. The second-order valence-electron chi connectivity index (χ2n) is 6.38. The van der Waals surface area contributed by atoms with E-state index >= 15 is 0 Å². The van der Waals surface area contributed by atoms with Crippen LogP contribution in [0.15, 0.2) is 72.7 Å². The topological polar surface area (TPSA) is 69.6 Å². The Bertz CT molecular complexity index is 1380. The second-order valence-corrected chi connectivity index (χ2v) is 6.38. The maximum atomic E-state index is 11.6. The Kier molecular flexibility index (Phi) is 4.11. The number of benzene rings is 3. The number of nitrogens with one attached hydrogen (secondary N) is 1. The molecule has 0 spiro atoms. The summed E-state index contributed by atoms with van der Waals surface area (Å²) in [5.74, 6) is -1.57. The molecule has 150 valence electrons. The van der Waals surface area contributed by atoms with Gasteiger partial charge in [0.1, 0.15) is 0 Å². The van der Waals surface area contributed by atoms with Crippen LogP contribution >= 0.6 is 0 Å². The van der Waals surface area contributed by atoms with Gasteiger partial charge < -0.3 is 15.5 Å². The predicted molar refractivity (Wildman–Crippen MR) is 116 cm³/mol. The van der Waals surface area contributed by atoms with Gasteiger partial charge >= 0.3 is 5.97 Å². The van der Waals surface area contributed by atoms with Crippen molar-refractivity contribution >= 4 is 5.97 Å². The van der Waals surface area contributed by atoms with Crippen molar-refractivity contribution in [3.63, 3.8) is 0 Å². The first-order valence-corrected chi connectivity index (χ1v) is 8.96. The van der Waals surface area contributed by atoms with E-state index in [2.05, 4.69) is 5.32 Å². The van der Waals surface area contributed by atoms with E-state index in [4.69, 9.17) is 12.3 Å². The number of hydrogen-bond donors (Lipinski definition) is 3. The van der Waals surface area contributed by atoms with Crippen LogP contribution in [-0.4, -0.2) is 29.2 Å². The normalized spacial score (nSPS) is 18.5. The minimum atomic E-state index is -2.72. The zero-order chi connectivity index (χ0) is 28.6. The van der Waals surface area contributed by atoms with Crippen LogP contribution in [0.25, 0.3) is 11.1 Å². The minimum absolute atomic E-state index is 0.00819. The second kappa shape index (κ2) is 10.0. The van der Waals surface area contributed by atoms with Crippen molar-refractivity contribution in [2.24, 2.45) is 0 Å². The molecule has 1 atom stereocenters. The maximum absolute atomic E-state index is 11.6. The molecule has 0 saturated carbocycles. The SMILES string of the molecule is [2H]c1c([2H])c(C(=O)O)c([2H])c(-c2cccc(CC([2H])([2H])CNC([2H])([2H])[C@]([2H])(O)c3cccc(C)c3)c2)c1[2H]. The van der Waals surface area contributed by atoms with E-state index in [9.17, 15) is 15.0 Å². The number of aromatic carboxylic acids is 1. The number of aliphatic hydroxyl groups is 1. The van der Waals surface area contributed by atoms with Crippen molar-refractivity contribution in [3.8, 4) is 11.1 Å². The molecule has 0 aromatic heterocycles. The van der Waals surface area contributed by atoms with Crippen LogP contribution in [0.1, 0.15) is 51.8 Å². The van der Waals surface area contributed by atoms with E-state index < -0.39 is 61.2 Å². The zero-order valence-electron chi connectivity index (χ0n) is 24.8. The quantitative estimate of drug-likeness (QED) is 0.492. The number of carboxylic acids is 1. The Labute approximate surface area is 184 Å². The summed E-state index contributed by atoms with van der Waals surface area (Å²) in [6.45, 7) is -1.55. The van der Waals surface area contributed by atoms with E-state index in [0.29, 0.717) is 5.56 Å². The number of carbonyl (C=O) groups is 1.